The summed E-state index contributed by atoms with van der Waals surface area (Å²) in [7, 11) is 0. The lowest BCUT2D eigenvalue weighted by Gasteiger charge is -2.13. The number of aryl methyl sites for hydroxylation is 2. The van der Waals surface area contributed by atoms with Gasteiger partial charge in [0.25, 0.3) is 0 Å². The third-order valence-corrected chi connectivity index (χ3v) is 6.04. The first-order valence-electron chi connectivity index (χ1n) is 10.6. The second-order valence-corrected chi connectivity index (χ2v) is 8.64. The summed E-state index contributed by atoms with van der Waals surface area (Å²) in [5, 5.41) is 14.6. The van der Waals surface area contributed by atoms with Gasteiger partial charge in [-0.05, 0) is 72.5 Å². The molecule has 0 radical (unpaired) electrons. The topological polar surface area (TPSA) is 64.4 Å². The van der Waals surface area contributed by atoms with Crippen molar-refractivity contribution in [1.29, 1.82) is 0 Å². The van der Waals surface area contributed by atoms with Crippen LogP contribution in [0.25, 0.3) is 17.8 Å². The number of halogens is 2. The van der Waals surface area contributed by atoms with Gasteiger partial charge in [-0.25, -0.2) is 9.48 Å². The number of aromatic carboxylic acids is 1. The van der Waals surface area contributed by atoms with Crippen LogP contribution in [0.3, 0.4) is 0 Å². The Kier molecular flexibility index (Phi) is 7.06. The molecule has 0 amide bonds. The van der Waals surface area contributed by atoms with Crippen molar-refractivity contribution in [3.05, 3.63) is 110 Å². The van der Waals surface area contributed by atoms with Crippen LogP contribution < -0.4 is 4.74 Å². The fourth-order valence-corrected chi connectivity index (χ4v) is 4.11. The van der Waals surface area contributed by atoms with Crippen molar-refractivity contribution in [3.63, 3.8) is 0 Å². The summed E-state index contributed by atoms with van der Waals surface area (Å²) >= 11 is 12.8. The molecule has 1 heterocycles. The SMILES string of the molecule is Cc1cc(OCc2c(C)cnn2-c2c(Cl)cccc2Cl)ccc1/C=C/c1cccc(C(=O)O)c1. The Morgan fingerprint density at radius 3 is 2.44 bits per heavy atom. The number of carboxylic acids is 1. The summed E-state index contributed by atoms with van der Waals surface area (Å²) in [6.45, 7) is 4.26. The molecule has 4 rings (SSSR count). The quantitative estimate of drug-likeness (QED) is 0.276. The number of carboxylic acid groups (broad SMARTS) is 1. The van der Waals surface area contributed by atoms with Gasteiger partial charge in [0.05, 0.1) is 27.5 Å². The van der Waals surface area contributed by atoms with E-state index < -0.39 is 5.97 Å². The number of aromatic nitrogens is 2. The van der Waals surface area contributed by atoms with Crippen molar-refractivity contribution in [2.45, 2.75) is 20.5 Å². The van der Waals surface area contributed by atoms with Crippen LogP contribution in [-0.2, 0) is 6.61 Å². The Bertz CT molecular complexity index is 1370. The molecule has 0 aliphatic carbocycles. The van der Waals surface area contributed by atoms with Crippen LogP contribution in [0, 0.1) is 13.8 Å². The predicted molar refractivity (Wildman–Crippen MR) is 136 cm³/mol. The first-order chi connectivity index (χ1) is 16.3. The van der Waals surface area contributed by atoms with Crippen LogP contribution in [0.15, 0.2) is 66.9 Å². The highest BCUT2D eigenvalue weighted by molar-refractivity contribution is 6.37. The first kappa shape index (κ1) is 23.6. The van der Waals surface area contributed by atoms with E-state index >= 15 is 0 Å². The molecule has 1 aromatic heterocycles. The van der Waals surface area contributed by atoms with Gasteiger partial charge in [0.15, 0.2) is 0 Å². The predicted octanol–water partition coefficient (Wildman–Crippen LogP) is 7.24. The average Bonchev–Trinajstić information content (AvgIpc) is 3.17. The molecule has 0 unspecified atom stereocenters. The van der Waals surface area contributed by atoms with Crippen molar-refractivity contribution in [2.75, 3.05) is 0 Å². The molecule has 1 N–H and O–H groups in total. The molecule has 0 bridgehead atoms. The highest BCUT2D eigenvalue weighted by Crippen LogP contribution is 2.30. The second-order valence-electron chi connectivity index (χ2n) is 7.83. The molecular weight excluding hydrogens is 471 g/mol. The van der Waals surface area contributed by atoms with Gasteiger partial charge < -0.3 is 9.84 Å². The molecule has 0 fully saturated rings. The van der Waals surface area contributed by atoms with Gasteiger partial charge in [-0.3, -0.25) is 0 Å². The Morgan fingerprint density at radius 1 is 1.00 bits per heavy atom. The molecule has 5 nitrogen and oxygen atoms in total. The molecule has 172 valence electrons. The van der Waals surface area contributed by atoms with E-state index in [0.717, 1.165) is 33.7 Å². The van der Waals surface area contributed by atoms with Crippen LogP contribution in [0.1, 0.15) is 38.3 Å². The van der Waals surface area contributed by atoms with E-state index in [9.17, 15) is 4.79 Å². The van der Waals surface area contributed by atoms with E-state index in [0.29, 0.717) is 22.3 Å². The lowest BCUT2D eigenvalue weighted by molar-refractivity contribution is 0.0697. The molecule has 4 aromatic rings. The van der Waals surface area contributed by atoms with Crippen LogP contribution in [0.4, 0.5) is 0 Å². The molecule has 0 spiro atoms. The Hall–Kier alpha value is -3.54. The van der Waals surface area contributed by atoms with Gasteiger partial charge in [0.1, 0.15) is 18.0 Å². The molecule has 0 saturated heterocycles. The van der Waals surface area contributed by atoms with Crippen molar-refractivity contribution < 1.29 is 14.6 Å². The molecular formula is C27H22Cl2N2O3. The summed E-state index contributed by atoms with van der Waals surface area (Å²) < 4.78 is 7.79. The minimum absolute atomic E-state index is 0.259. The van der Waals surface area contributed by atoms with Crippen LogP contribution in [0.2, 0.25) is 10.0 Å². The fourth-order valence-electron chi connectivity index (χ4n) is 3.55. The number of para-hydroxylation sites is 1. The maximum Gasteiger partial charge on any atom is 0.335 e. The number of hydrogen-bond acceptors (Lipinski definition) is 3. The summed E-state index contributed by atoms with van der Waals surface area (Å²) in [6, 6.07) is 18.0. The van der Waals surface area contributed by atoms with E-state index in [1.807, 2.05) is 50.3 Å². The number of hydrogen-bond donors (Lipinski definition) is 1. The minimum Gasteiger partial charge on any atom is -0.487 e. The van der Waals surface area contributed by atoms with Crippen LogP contribution >= 0.6 is 23.2 Å². The second kappa shape index (κ2) is 10.2. The number of ether oxygens (including phenoxy) is 1. The normalized spacial score (nSPS) is 11.2. The first-order valence-corrected chi connectivity index (χ1v) is 11.3. The third-order valence-electron chi connectivity index (χ3n) is 5.43. The Morgan fingerprint density at radius 2 is 1.74 bits per heavy atom. The highest BCUT2D eigenvalue weighted by atomic mass is 35.5. The van der Waals surface area contributed by atoms with Gasteiger partial charge in [0, 0.05) is 0 Å². The van der Waals surface area contributed by atoms with E-state index in [2.05, 4.69) is 5.10 Å². The maximum atomic E-state index is 11.2. The molecule has 3 aromatic carbocycles. The van der Waals surface area contributed by atoms with E-state index in [1.165, 1.54) is 0 Å². The van der Waals surface area contributed by atoms with Gasteiger partial charge >= 0.3 is 5.97 Å². The van der Waals surface area contributed by atoms with Crippen molar-refractivity contribution >= 4 is 41.3 Å². The van der Waals surface area contributed by atoms with Gasteiger partial charge in [-0.1, -0.05) is 59.6 Å². The van der Waals surface area contributed by atoms with Gasteiger partial charge in [0.2, 0.25) is 0 Å². The largest absolute Gasteiger partial charge is 0.487 e. The van der Waals surface area contributed by atoms with Gasteiger partial charge in [-0.2, -0.15) is 5.10 Å². The fraction of sp³-hybridized carbons (Fsp3) is 0.111. The van der Waals surface area contributed by atoms with Crippen LogP contribution in [-0.4, -0.2) is 20.9 Å². The molecule has 0 aliphatic rings. The zero-order valence-corrected chi connectivity index (χ0v) is 20.1. The maximum absolute atomic E-state index is 11.2. The molecule has 0 atom stereocenters. The van der Waals surface area contributed by atoms with Crippen molar-refractivity contribution in [2.24, 2.45) is 0 Å². The summed E-state index contributed by atoms with van der Waals surface area (Å²) in [5.74, 6) is -0.221. The zero-order chi connectivity index (χ0) is 24.2. The van der Waals surface area contributed by atoms with Crippen molar-refractivity contribution in [1.82, 2.24) is 9.78 Å². The van der Waals surface area contributed by atoms with Gasteiger partial charge in [-0.15, -0.1) is 0 Å². The van der Waals surface area contributed by atoms with Crippen LogP contribution in [0.5, 0.6) is 5.75 Å². The molecule has 0 aliphatic heterocycles. The third kappa shape index (κ3) is 5.16. The Labute approximate surface area is 207 Å². The number of carbonyl (C=O) groups is 1. The molecule has 0 saturated carbocycles. The number of rotatable bonds is 7. The summed E-state index contributed by atoms with van der Waals surface area (Å²) in [5.41, 5.74) is 5.57. The standard InChI is InChI=1S/C27H22Cl2N2O3/c1-17-13-22(12-11-20(17)10-9-19-5-3-6-21(14-19)27(32)33)34-16-25-18(2)15-30-31(25)26-23(28)7-4-8-24(26)29/h3-15H,16H2,1-2H3,(H,32,33)/b10-9+. The molecule has 34 heavy (non-hydrogen) atoms. The number of nitrogens with zero attached hydrogens (tertiary/aromatic N) is 2. The van der Waals surface area contributed by atoms with E-state index in [1.54, 1.807) is 47.3 Å². The zero-order valence-electron chi connectivity index (χ0n) is 18.6. The van der Waals surface area contributed by atoms with E-state index in [4.69, 9.17) is 33.0 Å². The molecule has 7 heteroatoms. The lowest BCUT2D eigenvalue weighted by Crippen LogP contribution is -2.08. The van der Waals surface area contributed by atoms with E-state index in [-0.39, 0.29) is 5.56 Å². The monoisotopic (exact) mass is 492 g/mol. The number of benzene rings is 3. The summed E-state index contributed by atoms with van der Waals surface area (Å²) in [4.78, 5) is 11.2. The highest BCUT2D eigenvalue weighted by Gasteiger charge is 2.15. The minimum atomic E-state index is -0.943. The Balaban J connectivity index is 1.51. The average molecular weight is 493 g/mol. The smallest absolute Gasteiger partial charge is 0.335 e. The summed E-state index contributed by atoms with van der Waals surface area (Å²) in [6.07, 6.45) is 5.61. The lowest BCUT2D eigenvalue weighted by atomic mass is 10.1. The van der Waals surface area contributed by atoms with Crippen molar-refractivity contribution in [3.8, 4) is 11.4 Å².